The Morgan fingerprint density at radius 3 is 2.57 bits per heavy atom. The van der Waals surface area contributed by atoms with Gasteiger partial charge in [-0.25, -0.2) is 8.42 Å². The van der Waals surface area contributed by atoms with Crippen molar-refractivity contribution in [1.29, 1.82) is 0 Å². The van der Waals surface area contributed by atoms with Crippen LogP contribution in [0.25, 0.3) is 0 Å². The molecule has 2 N–H and O–H groups in total. The Kier molecular flexibility index (Phi) is 3.58. The van der Waals surface area contributed by atoms with Crippen LogP contribution in [0.3, 0.4) is 0 Å². The molecule has 0 saturated carbocycles. The SMILES string of the molecule is Cc1cc(C(N)CS(C)(=O)=O)sc1Cl. The van der Waals surface area contributed by atoms with Crippen molar-refractivity contribution in [3.63, 3.8) is 0 Å². The first-order valence-corrected chi connectivity index (χ1v) is 7.24. The maximum absolute atomic E-state index is 11.0. The van der Waals surface area contributed by atoms with Crippen LogP contribution in [-0.2, 0) is 9.84 Å². The highest BCUT2D eigenvalue weighted by Gasteiger charge is 2.16. The Labute approximate surface area is 92.8 Å². The molecule has 0 fully saturated rings. The van der Waals surface area contributed by atoms with Crippen molar-refractivity contribution in [3.05, 3.63) is 20.8 Å². The van der Waals surface area contributed by atoms with Gasteiger partial charge in [0.2, 0.25) is 0 Å². The van der Waals surface area contributed by atoms with E-state index in [1.807, 2.05) is 13.0 Å². The molecular weight excluding hydrogens is 242 g/mol. The molecule has 80 valence electrons. The summed E-state index contributed by atoms with van der Waals surface area (Å²) in [5, 5.41) is 0. The molecule has 0 aliphatic rings. The molecule has 0 aliphatic heterocycles. The Hall–Kier alpha value is -0.100. The molecule has 6 heteroatoms. The zero-order chi connectivity index (χ0) is 10.9. The zero-order valence-corrected chi connectivity index (χ0v) is 10.3. The van der Waals surface area contributed by atoms with Gasteiger partial charge in [0, 0.05) is 11.1 Å². The summed E-state index contributed by atoms with van der Waals surface area (Å²) in [5.74, 6) is -0.0384. The van der Waals surface area contributed by atoms with Crippen LogP contribution in [0.15, 0.2) is 6.07 Å². The molecule has 0 aromatic carbocycles. The van der Waals surface area contributed by atoms with Crippen LogP contribution < -0.4 is 5.73 Å². The van der Waals surface area contributed by atoms with Crippen molar-refractivity contribution < 1.29 is 8.42 Å². The predicted octanol–water partition coefficient (Wildman–Crippen LogP) is 1.75. The van der Waals surface area contributed by atoms with Crippen LogP contribution in [-0.4, -0.2) is 20.4 Å². The van der Waals surface area contributed by atoms with Gasteiger partial charge in [-0.2, -0.15) is 0 Å². The van der Waals surface area contributed by atoms with Crippen molar-refractivity contribution in [2.24, 2.45) is 5.73 Å². The smallest absolute Gasteiger partial charge is 0.149 e. The van der Waals surface area contributed by atoms with Crippen LogP contribution in [0.5, 0.6) is 0 Å². The minimum Gasteiger partial charge on any atom is -0.322 e. The molecule has 14 heavy (non-hydrogen) atoms. The highest BCUT2D eigenvalue weighted by molar-refractivity contribution is 7.90. The minimum absolute atomic E-state index is 0.0384. The zero-order valence-electron chi connectivity index (χ0n) is 7.95. The lowest BCUT2D eigenvalue weighted by Crippen LogP contribution is -2.19. The highest BCUT2D eigenvalue weighted by atomic mass is 35.5. The molecule has 0 radical (unpaired) electrons. The summed E-state index contributed by atoms with van der Waals surface area (Å²) in [6.45, 7) is 1.87. The first-order chi connectivity index (χ1) is 6.29. The average molecular weight is 254 g/mol. The van der Waals surface area contributed by atoms with E-state index in [4.69, 9.17) is 17.3 Å². The van der Waals surface area contributed by atoms with E-state index in [9.17, 15) is 8.42 Å². The number of sulfone groups is 1. The topological polar surface area (TPSA) is 60.2 Å². The lowest BCUT2D eigenvalue weighted by Gasteiger charge is -2.06. The van der Waals surface area contributed by atoms with Gasteiger partial charge in [-0.05, 0) is 18.6 Å². The number of aryl methyl sites for hydroxylation is 1. The summed E-state index contributed by atoms with van der Waals surface area (Å²) < 4.78 is 22.7. The van der Waals surface area contributed by atoms with Gasteiger partial charge < -0.3 is 5.73 Å². The fraction of sp³-hybridized carbons (Fsp3) is 0.500. The number of hydrogen-bond acceptors (Lipinski definition) is 4. The van der Waals surface area contributed by atoms with Crippen LogP contribution in [0.4, 0.5) is 0 Å². The fourth-order valence-electron chi connectivity index (χ4n) is 1.07. The van der Waals surface area contributed by atoms with E-state index in [2.05, 4.69) is 0 Å². The number of rotatable bonds is 3. The van der Waals surface area contributed by atoms with Crippen LogP contribution in [0, 0.1) is 6.92 Å². The summed E-state index contributed by atoms with van der Waals surface area (Å²) in [6, 6.07) is 1.37. The van der Waals surface area contributed by atoms with Gasteiger partial charge in [0.1, 0.15) is 9.84 Å². The normalized spacial score (nSPS) is 14.3. The van der Waals surface area contributed by atoms with Crippen molar-refractivity contribution >= 4 is 32.8 Å². The Morgan fingerprint density at radius 1 is 1.64 bits per heavy atom. The first kappa shape index (κ1) is 12.0. The third-order valence-electron chi connectivity index (χ3n) is 1.72. The average Bonchev–Trinajstić information content (AvgIpc) is 2.28. The standard InChI is InChI=1S/C8H12ClNO2S2/c1-5-3-7(13-8(5)9)6(10)4-14(2,11)12/h3,6H,4,10H2,1-2H3. The highest BCUT2D eigenvalue weighted by Crippen LogP contribution is 2.30. The van der Waals surface area contributed by atoms with E-state index < -0.39 is 15.9 Å². The second-order valence-corrected chi connectivity index (χ2v) is 7.18. The molecule has 0 bridgehead atoms. The van der Waals surface area contributed by atoms with E-state index in [1.165, 1.54) is 17.6 Å². The van der Waals surface area contributed by atoms with Gasteiger partial charge >= 0.3 is 0 Å². The second kappa shape index (κ2) is 4.18. The van der Waals surface area contributed by atoms with E-state index in [1.54, 1.807) is 0 Å². The third kappa shape index (κ3) is 3.24. The van der Waals surface area contributed by atoms with Crippen molar-refractivity contribution in [2.75, 3.05) is 12.0 Å². The summed E-state index contributed by atoms with van der Waals surface area (Å²) in [7, 11) is -3.04. The lowest BCUT2D eigenvalue weighted by molar-refractivity contribution is 0.595. The quantitative estimate of drug-likeness (QED) is 0.893. The summed E-state index contributed by atoms with van der Waals surface area (Å²) in [6.07, 6.45) is 1.18. The molecule has 0 saturated heterocycles. The van der Waals surface area contributed by atoms with Gasteiger partial charge in [0.25, 0.3) is 0 Å². The second-order valence-electron chi connectivity index (χ2n) is 3.30. The molecule has 1 atom stereocenters. The fourth-order valence-corrected chi connectivity index (χ4v) is 3.23. The number of thiophene rings is 1. The van der Waals surface area contributed by atoms with E-state index in [-0.39, 0.29) is 5.75 Å². The monoisotopic (exact) mass is 253 g/mol. The largest absolute Gasteiger partial charge is 0.322 e. The maximum atomic E-state index is 11.0. The molecular formula is C8H12ClNO2S2. The van der Waals surface area contributed by atoms with Gasteiger partial charge in [-0.15, -0.1) is 11.3 Å². The Balaban J connectivity index is 2.85. The van der Waals surface area contributed by atoms with Crippen molar-refractivity contribution in [3.8, 4) is 0 Å². The molecule has 3 nitrogen and oxygen atoms in total. The molecule has 1 rings (SSSR count). The maximum Gasteiger partial charge on any atom is 0.149 e. The summed E-state index contributed by atoms with van der Waals surface area (Å²) in [4.78, 5) is 0.818. The van der Waals surface area contributed by atoms with Crippen LogP contribution in [0.1, 0.15) is 16.5 Å². The molecule has 1 aromatic rings. The predicted molar refractivity (Wildman–Crippen MR) is 60.7 cm³/mol. The van der Waals surface area contributed by atoms with Crippen molar-refractivity contribution in [2.45, 2.75) is 13.0 Å². The summed E-state index contributed by atoms with van der Waals surface area (Å²) >= 11 is 7.20. The molecule has 0 spiro atoms. The first-order valence-electron chi connectivity index (χ1n) is 3.99. The van der Waals surface area contributed by atoms with E-state index >= 15 is 0 Å². The van der Waals surface area contributed by atoms with Gasteiger partial charge in [0.05, 0.1) is 16.1 Å². The molecule has 0 aliphatic carbocycles. The van der Waals surface area contributed by atoms with E-state index in [0.717, 1.165) is 10.4 Å². The van der Waals surface area contributed by atoms with Crippen LogP contribution in [0.2, 0.25) is 4.34 Å². The number of hydrogen-bond donors (Lipinski definition) is 1. The Bertz CT molecular complexity index is 405. The minimum atomic E-state index is -3.04. The Morgan fingerprint density at radius 2 is 2.21 bits per heavy atom. The van der Waals surface area contributed by atoms with Gasteiger partial charge in [0.15, 0.2) is 0 Å². The molecule has 1 unspecified atom stereocenters. The number of nitrogens with two attached hydrogens (primary N) is 1. The third-order valence-corrected chi connectivity index (χ3v) is 4.38. The van der Waals surface area contributed by atoms with Gasteiger partial charge in [-0.3, -0.25) is 0 Å². The molecule has 0 amide bonds. The molecule has 1 aromatic heterocycles. The lowest BCUT2D eigenvalue weighted by atomic mass is 10.2. The summed E-state index contributed by atoms with van der Waals surface area (Å²) in [5.41, 5.74) is 6.68. The number of halogens is 1. The van der Waals surface area contributed by atoms with E-state index in [0.29, 0.717) is 4.34 Å². The van der Waals surface area contributed by atoms with Crippen LogP contribution >= 0.6 is 22.9 Å². The van der Waals surface area contributed by atoms with Crippen molar-refractivity contribution in [1.82, 2.24) is 0 Å². The van der Waals surface area contributed by atoms with Gasteiger partial charge in [-0.1, -0.05) is 11.6 Å². The molecule has 1 heterocycles.